The lowest BCUT2D eigenvalue weighted by Gasteiger charge is -2.37. The maximum atomic E-state index is 13.6. The van der Waals surface area contributed by atoms with E-state index in [1.54, 1.807) is 6.20 Å². The third-order valence-corrected chi connectivity index (χ3v) is 6.26. The molecule has 166 valence electrons. The van der Waals surface area contributed by atoms with E-state index in [0.29, 0.717) is 23.6 Å². The van der Waals surface area contributed by atoms with Crippen molar-refractivity contribution >= 4 is 17.5 Å². The molecule has 33 heavy (non-hydrogen) atoms. The lowest BCUT2D eigenvalue weighted by Crippen LogP contribution is -2.52. The Balaban J connectivity index is 1.57. The zero-order valence-corrected chi connectivity index (χ0v) is 18.2. The van der Waals surface area contributed by atoms with E-state index in [9.17, 15) is 14.4 Å². The lowest BCUT2D eigenvalue weighted by molar-refractivity contribution is -0.145. The summed E-state index contributed by atoms with van der Waals surface area (Å²) < 4.78 is 10.6. The Morgan fingerprint density at radius 1 is 1.18 bits per heavy atom. The topological polar surface area (TPSA) is 76.8 Å². The van der Waals surface area contributed by atoms with E-state index in [4.69, 9.17) is 9.15 Å². The fourth-order valence-electron chi connectivity index (χ4n) is 4.33. The van der Waals surface area contributed by atoms with Gasteiger partial charge in [-0.2, -0.15) is 0 Å². The fraction of sp³-hybridized carbons (Fsp3) is 0.222. The molecule has 1 saturated carbocycles. The van der Waals surface area contributed by atoms with Gasteiger partial charge in [0, 0.05) is 29.6 Å². The van der Waals surface area contributed by atoms with Crippen molar-refractivity contribution in [3.05, 3.63) is 107 Å². The van der Waals surface area contributed by atoms with E-state index >= 15 is 0 Å². The molecule has 0 amide bonds. The molecule has 0 radical (unpaired) electrons. The first-order valence-electron chi connectivity index (χ1n) is 10.9. The second-order valence-corrected chi connectivity index (χ2v) is 8.59. The third kappa shape index (κ3) is 3.57. The Hall–Kier alpha value is -3.93. The van der Waals surface area contributed by atoms with Gasteiger partial charge in [-0.15, -0.1) is 0 Å². The number of fused-ring (bicyclic) bond motifs is 1. The van der Waals surface area contributed by atoms with E-state index in [1.165, 1.54) is 31.4 Å². The van der Waals surface area contributed by atoms with Crippen molar-refractivity contribution in [2.24, 2.45) is 5.92 Å². The van der Waals surface area contributed by atoms with Crippen molar-refractivity contribution in [2.45, 2.75) is 31.9 Å². The van der Waals surface area contributed by atoms with Gasteiger partial charge in [0.15, 0.2) is 0 Å². The molecule has 0 N–H and O–H groups in total. The first-order chi connectivity index (χ1) is 15.9. The Kier molecular flexibility index (Phi) is 5.01. The summed E-state index contributed by atoms with van der Waals surface area (Å²) in [6.45, 7) is 5.72. The monoisotopic (exact) mass is 441 g/mol. The zero-order chi connectivity index (χ0) is 23.2. The van der Waals surface area contributed by atoms with Gasteiger partial charge in [-0.05, 0) is 55.0 Å². The van der Waals surface area contributed by atoms with Gasteiger partial charge < -0.3 is 14.1 Å². The van der Waals surface area contributed by atoms with Crippen LogP contribution >= 0.6 is 0 Å². The van der Waals surface area contributed by atoms with E-state index in [1.807, 2.05) is 36.4 Å². The van der Waals surface area contributed by atoms with Gasteiger partial charge in [0.2, 0.25) is 22.9 Å². The molecule has 1 fully saturated rings. The number of allylic oxidation sites excluding steroid dienone is 4. The number of rotatable bonds is 6. The number of ether oxygens (including phenoxy) is 1. The molecule has 1 aliphatic heterocycles. The van der Waals surface area contributed by atoms with Crippen molar-refractivity contribution in [3.63, 3.8) is 0 Å². The number of nitrogens with zero attached hydrogens (tertiary/aromatic N) is 1. The maximum Gasteiger partial charge on any atom is 0.375 e. The molecule has 6 nitrogen and oxygen atoms in total. The number of ketones is 2. The van der Waals surface area contributed by atoms with Crippen LogP contribution in [-0.4, -0.2) is 28.0 Å². The Bertz CT molecular complexity index is 1240. The van der Waals surface area contributed by atoms with Crippen LogP contribution in [0.2, 0.25) is 0 Å². The molecule has 0 saturated heterocycles. The molecule has 1 unspecified atom stereocenters. The van der Waals surface area contributed by atoms with Crippen LogP contribution < -0.4 is 0 Å². The standard InChI is InChI=1S/C27H23NO5/c1-3-19-20-14-22(18-11-12-18)28(15-17-8-5-4-6-9-17)16-21(20)25(30)27(2,24(19)29)33-26(31)23-10-7-13-32-23/h3-10,13-14,16,18H,1,11-12,15H2,2H3. The fourth-order valence-corrected chi connectivity index (χ4v) is 4.33. The average molecular weight is 441 g/mol. The van der Waals surface area contributed by atoms with E-state index in [2.05, 4.69) is 11.5 Å². The first-order valence-corrected chi connectivity index (χ1v) is 10.9. The number of furan rings is 1. The number of carbonyl (C=O) groups is 3. The molecule has 1 atom stereocenters. The second kappa shape index (κ2) is 7.89. The summed E-state index contributed by atoms with van der Waals surface area (Å²) in [5.41, 5.74) is 1.31. The molecule has 0 bridgehead atoms. The van der Waals surface area contributed by atoms with Crippen molar-refractivity contribution in [1.29, 1.82) is 0 Å². The summed E-state index contributed by atoms with van der Waals surface area (Å²) in [7, 11) is 0. The molecule has 2 heterocycles. The summed E-state index contributed by atoms with van der Waals surface area (Å²) in [5, 5.41) is 0. The van der Waals surface area contributed by atoms with Gasteiger partial charge in [0.25, 0.3) is 0 Å². The molecule has 2 aromatic rings. The molecular weight excluding hydrogens is 418 g/mol. The molecule has 2 aliphatic carbocycles. The highest BCUT2D eigenvalue weighted by Gasteiger charge is 2.53. The Morgan fingerprint density at radius 3 is 2.58 bits per heavy atom. The summed E-state index contributed by atoms with van der Waals surface area (Å²) in [6, 6.07) is 12.9. The largest absolute Gasteiger partial charge is 0.457 e. The van der Waals surface area contributed by atoms with E-state index in [0.717, 1.165) is 24.1 Å². The minimum Gasteiger partial charge on any atom is -0.457 e. The quantitative estimate of drug-likeness (QED) is 0.485. The first kappa shape index (κ1) is 20.9. The second-order valence-electron chi connectivity index (χ2n) is 8.59. The molecule has 1 aromatic heterocycles. The van der Waals surface area contributed by atoms with Crippen LogP contribution in [0.1, 0.15) is 35.9 Å². The number of carbonyl (C=O) groups excluding carboxylic acids is 3. The molecular formula is C27H23NO5. The van der Waals surface area contributed by atoms with E-state index < -0.39 is 23.1 Å². The molecule has 3 aliphatic rings. The van der Waals surface area contributed by atoms with Crippen molar-refractivity contribution < 1.29 is 23.5 Å². The van der Waals surface area contributed by atoms with E-state index in [-0.39, 0.29) is 11.3 Å². The van der Waals surface area contributed by atoms with Crippen LogP contribution in [0.25, 0.3) is 0 Å². The third-order valence-electron chi connectivity index (χ3n) is 6.26. The SMILES string of the molecule is C=CC1=C2C=C(C3CC3)N(Cc3ccccc3)C=C2C(=O)C(C)(OC(=O)c2ccco2)C1=O. The van der Waals surface area contributed by atoms with Gasteiger partial charge in [0.05, 0.1) is 6.26 Å². The predicted molar refractivity (Wildman–Crippen MR) is 121 cm³/mol. The van der Waals surface area contributed by atoms with Crippen LogP contribution in [0.15, 0.2) is 100 Å². The highest BCUT2D eigenvalue weighted by atomic mass is 16.6. The highest BCUT2D eigenvalue weighted by molar-refractivity contribution is 6.29. The van der Waals surface area contributed by atoms with Gasteiger partial charge in [0.1, 0.15) is 0 Å². The minimum atomic E-state index is -2.01. The Morgan fingerprint density at radius 2 is 1.94 bits per heavy atom. The molecule has 6 heteroatoms. The summed E-state index contributed by atoms with van der Waals surface area (Å²) in [6.07, 6.45) is 8.61. The summed E-state index contributed by atoms with van der Waals surface area (Å²) >= 11 is 0. The van der Waals surface area contributed by atoms with Crippen molar-refractivity contribution in [3.8, 4) is 0 Å². The van der Waals surface area contributed by atoms with Gasteiger partial charge >= 0.3 is 5.97 Å². The number of benzene rings is 1. The average Bonchev–Trinajstić information content (AvgIpc) is 3.51. The smallest absolute Gasteiger partial charge is 0.375 e. The summed E-state index contributed by atoms with van der Waals surface area (Å²) in [4.78, 5) is 41.7. The van der Waals surface area contributed by atoms with Crippen LogP contribution in [-0.2, 0) is 20.9 Å². The minimum absolute atomic E-state index is 0.0778. The van der Waals surface area contributed by atoms with Gasteiger partial charge in [-0.25, -0.2) is 4.79 Å². The Labute approximate surface area is 191 Å². The van der Waals surface area contributed by atoms with Crippen LogP contribution in [0.4, 0.5) is 0 Å². The number of hydrogen-bond donors (Lipinski definition) is 0. The lowest BCUT2D eigenvalue weighted by atomic mass is 9.75. The molecule has 5 rings (SSSR count). The van der Waals surface area contributed by atoms with Crippen LogP contribution in [0.5, 0.6) is 0 Å². The van der Waals surface area contributed by atoms with Gasteiger partial charge in [-0.1, -0.05) is 43.0 Å². The zero-order valence-electron chi connectivity index (χ0n) is 18.2. The maximum absolute atomic E-state index is 13.6. The van der Waals surface area contributed by atoms with Crippen LogP contribution in [0.3, 0.4) is 0 Å². The number of hydrogen-bond acceptors (Lipinski definition) is 6. The number of Topliss-reactive ketones (excluding diaryl/α,β-unsaturated/α-hetero) is 2. The molecule has 1 aromatic carbocycles. The van der Waals surface area contributed by atoms with Crippen molar-refractivity contribution in [2.75, 3.05) is 0 Å². The van der Waals surface area contributed by atoms with Gasteiger partial charge in [-0.3, -0.25) is 9.59 Å². The summed E-state index contributed by atoms with van der Waals surface area (Å²) in [5.74, 6) is -1.70. The number of esters is 1. The predicted octanol–water partition coefficient (Wildman–Crippen LogP) is 4.52. The normalized spacial score (nSPS) is 22.5. The van der Waals surface area contributed by atoms with Crippen molar-refractivity contribution in [1.82, 2.24) is 4.90 Å². The molecule has 0 spiro atoms. The highest BCUT2D eigenvalue weighted by Crippen LogP contribution is 2.45. The van der Waals surface area contributed by atoms with Crippen LogP contribution in [0, 0.1) is 5.92 Å².